The summed E-state index contributed by atoms with van der Waals surface area (Å²) in [6.07, 6.45) is 0. The van der Waals surface area contributed by atoms with Gasteiger partial charge in [0.05, 0.1) is 0 Å². The maximum atomic E-state index is 11.9. The summed E-state index contributed by atoms with van der Waals surface area (Å²) in [7, 11) is 0. The van der Waals surface area contributed by atoms with Crippen LogP contribution in [0, 0.1) is 0 Å². The highest BCUT2D eigenvalue weighted by Gasteiger charge is 2.10. The highest BCUT2D eigenvalue weighted by Crippen LogP contribution is 2.30. The monoisotopic (exact) mass is 425 g/mol. The second kappa shape index (κ2) is 9.23. The first-order valence-corrected chi connectivity index (χ1v) is 10.0. The Morgan fingerprint density at radius 3 is 2.65 bits per heavy atom. The summed E-state index contributed by atoms with van der Waals surface area (Å²) in [6.45, 7) is -0.122. The van der Waals surface area contributed by atoms with Gasteiger partial charge >= 0.3 is 0 Å². The number of ether oxygens (including phenoxy) is 1. The van der Waals surface area contributed by atoms with Gasteiger partial charge in [-0.3, -0.25) is 10.1 Å². The minimum absolute atomic E-state index is 0.122. The Morgan fingerprint density at radius 2 is 1.88 bits per heavy atom. The van der Waals surface area contributed by atoms with Crippen LogP contribution in [0.5, 0.6) is 5.75 Å². The summed E-state index contributed by atoms with van der Waals surface area (Å²) in [5.41, 5.74) is 1.02. The molecular weight excluding hydrogens is 413 g/mol. The highest BCUT2D eigenvalue weighted by molar-refractivity contribution is 8.00. The van der Waals surface area contributed by atoms with Crippen LogP contribution in [0.2, 0.25) is 10.0 Å². The molecule has 0 spiro atoms. The van der Waals surface area contributed by atoms with E-state index in [1.807, 2.05) is 24.3 Å². The third-order valence-corrected chi connectivity index (χ3v) is 5.79. The predicted molar refractivity (Wildman–Crippen MR) is 106 cm³/mol. The van der Waals surface area contributed by atoms with Crippen LogP contribution in [0.4, 0.5) is 5.13 Å². The van der Waals surface area contributed by atoms with E-state index in [4.69, 9.17) is 27.9 Å². The third kappa shape index (κ3) is 5.60. The van der Waals surface area contributed by atoms with Crippen molar-refractivity contribution in [3.05, 3.63) is 64.1 Å². The number of halogens is 2. The maximum Gasteiger partial charge on any atom is 0.264 e. The molecule has 1 N–H and O–H groups in total. The molecule has 9 heteroatoms. The molecule has 0 atom stereocenters. The van der Waals surface area contributed by atoms with Gasteiger partial charge in [0.2, 0.25) is 5.13 Å². The number of hydrogen-bond donors (Lipinski definition) is 1. The number of nitrogens with one attached hydrogen (secondary N) is 1. The van der Waals surface area contributed by atoms with Gasteiger partial charge in [-0.15, -0.1) is 10.2 Å². The second-order valence-electron chi connectivity index (χ2n) is 5.04. The van der Waals surface area contributed by atoms with Gasteiger partial charge in [-0.2, -0.15) is 0 Å². The van der Waals surface area contributed by atoms with Gasteiger partial charge in [-0.05, 0) is 35.9 Å². The van der Waals surface area contributed by atoms with Crippen LogP contribution in [-0.4, -0.2) is 22.7 Å². The fourth-order valence-electron chi connectivity index (χ4n) is 1.91. The molecule has 1 heterocycles. The van der Waals surface area contributed by atoms with Crippen LogP contribution in [0.15, 0.2) is 52.9 Å². The molecule has 0 bridgehead atoms. The number of thioether (sulfide) groups is 1. The number of nitrogens with zero attached hydrogens (tertiary/aromatic N) is 2. The highest BCUT2D eigenvalue weighted by atomic mass is 35.5. The standard InChI is InChI=1S/C17H13Cl2N3O2S2/c18-12-5-7-13(8-6-12)24-9-15(23)20-16-21-22-17(26-16)25-10-11-3-1-2-4-14(11)19/h1-8H,9-10H2,(H,20,21,23). The molecule has 3 aromatic rings. The molecule has 134 valence electrons. The molecule has 0 saturated heterocycles. The van der Waals surface area contributed by atoms with E-state index in [9.17, 15) is 4.79 Å². The van der Waals surface area contributed by atoms with E-state index in [0.717, 1.165) is 14.9 Å². The minimum Gasteiger partial charge on any atom is -0.484 e. The van der Waals surface area contributed by atoms with Gasteiger partial charge in [0, 0.05) is 15.8 Å². The Hall–Kier alpha value is -1.80. The third-order valence-electron chi connectivity index (χ3n) is 3.15. The Bertz CT molecular complexity index is 888. The van der Waals surface area contributed by atoms with Crippen molar-refractivity contribution in [1.29, 1.82) is 0 Å². The lowest BCUT2D eigenvalue weighted by atomic mass is 10.2. The molecule has 0 saturated carbocycles. The number of hydrogen-bond acceptors (Lipinski definition) is 6. The van der Waals surface area contributed by atoms with Crippen LogP contribution in [0.25, 0.3) is 0 Å². The molecule has 26 heavy (non-hydrogen) atoms. The van der Waals surface area contributed by atoms with Gasteiger partial charge < -0.3 is 4.74 Å². The number of carbonyl (C=O) groups excluding carboxylic acids is 1. The van der Waals surface area contributed by atoms with Crippen molar-refractivity contribution in [1.82, 2.24) is 10.2 Å². The molecule has 5 nitrogen and oxygen atoms in total. The van der Waals surface area contributed by atoms with Gasteiger partial charge in [0.15, 0.2) is 10.9 Å². The number of rotatable bonds is 7. The Labute approximate surface area is 168 Å². The molecule has 3 rings (SSSR count). The van der Waals surface area contributed by atoms with E-state index >= 15 is 0 Å². The van der Waals surface area contributed by atoms with Crippen molar-refractivity contribution in [2.24, 2.45) is 0 Å². The van der Waals surface area contributed by atoms with Gasteiger partial charge in [-0.25, -0.2) is 0 Å². The van der Waals surface area contributed by atoms with E-state index < -0.39 is 0 Å². The number of amides is 1. The molecular formula is C17H13Cl2N3O2S2. The summed E-state index contributed by atoms with van der Waals surface area (Å²) < 4.78 is 6.14. The van der Waals surface area contributed by atoms with Crippen LogP contribution >= 0.6 is 46.3 Å². The lowest BCUT2D eigenvalue weighted by Crippen LogP contribution is -2.20. The average molecular weight is 426 g/mol. The summed E-state index contributed by atoms with van der Waals surface area (Å²) >= 11 is 14.7. The molecule has 1 amide bonds. The zero-order valence-corrected chi connectivity index (χ0v) is 16.5. The fourth-order valence-corrected chi connectivity index (χ4v) is 4.09. The fraction of sp³-hybridized carbons (Fsp3) is 0.118. The van der Waals surface area contributed by atoms with Crippen LogP contribution in [0.1, 0.15) is 5.56 Å². The van der Waals surface area contributed by atoms with Gasteiger partial charge in [0.1, 0.15) is 5.75 Å². The SMILES string of the molecule is O=C(COc1ccc(Cl)cc1)Nc1nnc(SCc2ccccc2Cl)s1. The second-order valence-corrected chi connectivity index (χ2v) is 8.09. The Morgan fingerprint density at radius 1 is 1.12 bits per heavy atom. The number of benzene rings is 2. The molecule has 0 fully saturated rings. The molecule has 0 aliphatic rings. The Balaban J connectivity index is 1.47. The van der Waals surface area contributed by atoms with Crippen molar-refractivity contribution in [3.63, 3.8) is 0 Å². The quantitative estimate of drug-likeness (QED) is 0.418. The lowest BCUT2D eigenvalue weighted by molar-refractivity contribution is -0.118. The topological polar surface area (TPSA) is 64.1 Å². The molecule has 0 aliphatic carbocycles. The smallest absolute Gasteiger partial charge is 0.264 e. The van der Waals surface area contributed by atoms with Crippen molar-refractivity contribution in [2.75, 3.05) is 11.9 Å². The molecule has 2 aromatic carbocycles. The van der Waals surface area contributed by atoms with Crippen LogP contribution in [-0.2, 0) is 10.5 Å². The zero-order chi connectivity index (χ0) is 18.4. The number of carbonyl (C=O) groups is 1. The van der Waals surface area contributed by atoms with Gasteiger partial charge in [-0.1, -0.05) is 64.5 Å². The summed E-state index contributed by atoms with van der Waals surface area (Å²) in [5, 5.41) is 12.5. The average Bonchev–Trinajstić information content (AvgIpc) is 3.08. The summed E-state index contributed by atoms with van der Waals surface area (Å²) in [6, 6.07) is 14.4. The van der Waals surface area contributed by atoms with Crippen molar-refractivity contribution >= 4 is 57.3 Å². The number of anilines is 1. The van der Waals surface area contributed by atoms with Crippen molar-refractivity contribution in [3.8, 4) is 5.75 Å². The normalized spacial score (nSPS) is 10.5. The van der Waals surface area contributed by atoms with Gasteiger partial charge in [0.25, 0.3) is 5.91 Å². The lowest BCUT2D eigenvalue weighted by Gasteiger charge is -2.05. The molecule has 1 aromatic heterocycles. The minimum atomic E-state index is -0.307. The van der Waals surface area contributed by atoms with E-state index in [1.54, 1.807) is 24.3 Å². The van der Waals surface area contributed by atoms with E-state index in [2.05, 4.69) is 15.5 Å². The maximum absolute atomic E-state index is 11.9. The zero-order valence-electron chi connectivity index (χ0n) is 13.3. The Kier molecular flexibility index (Phi) is 6.73. The molecule has 0 unspecified atom stereocenters. The van der Waals surface area contributed by atoms with E-state index in [1.165, 1.54) is 23.1 Å². The van der Waals surface area contributed by atoms with Crippen LogP contribution < -0.4 is 10.1 Å². The van der Waals surface area contributed by atoms with Crippen molar-refractivity contribution < 1.29 is 9.53 Å². The first kappa shape index (κ1) is 19.0. The van der Waals surface area contributed by atoms with E-state index in [-0.39, 0.29) is 12.5 Å². The predicted octanol–water partition coefficient (Wildman–Crippen LogP) is 5.15. The first-order chi connectivity index (χ1) is 12.6. The van der Waals surface area contributed by atoms with E-state index in [0.29, 0.717) is 21.7 Å². The first-order valence-electron chi connectivity index (χ1n) is 7.48. The summed E-state index contributed by atoms with van der Waals surface area (Å²) in [4.78, 5) is 11.9. The summed E-state index contributed by atoms with van der Waals surface area (Å²) in [5.74, 6) is 0.943. The molecule has 0 radical (unpaired) electrons. The molecule has 0 aliphatic heterocycles. The number of aromatic nitrogens is 2. The van der Waals surface area contributed by atoms with Crippen molar-refractivity contribution in [2.45, 2.75) is 10.1 Å². The largest absolute Gasteiger partial charge is 0.484 e. The van der Waals surface area contributed by atoms with Crippen LogP contribution in [0.3, 0.4) is 0 Å².